The van der Waals surface area contributed by atoms with Crippen LogP contribution in [0.4, 0.5) is 10.6 Å². The van der Waals surface area contributed by atoms with Crippen LogP contribution in [-0.4, -0.2) is 18.1 Å². The smallest absolute Gasteiger partial charge is 0.317 e. The van der Waals surface area contributed by atoms with Crippen molar-refractivity contribution in [2.45, 2.75) is 0 Å². The van der Waals surface area contributed by atoms with Gasteiger partial charge in [0.2, 0.25) is 0 Å². The zero-order valence-electron chi connectivity index (χ0n) is 9.88. The van der Waals surface area contributed by atoms with Gasteiger partial charge < -0.3 is 10.5 Å². The lowest BCUT2D eigenvalue weighted by Gasteiger charge is -2.05. The number of ether oxygens (including phenoxy) is 1. The summed E-state index contributed by atoms with van der Waals surface area (Å²) in [5.41, 5.74) is 6.98. The summed E-state index contributed by atoms with van der Waals surface area (Å²) < 4.78 is 5.09. The lowest BCUT2D eigenvalue weighted by atomic mass is 10.1. The van der Waals surface area contributed by atoms with Crippen LogP contribution in [-0.2, 0) is 0 Å². The highest BCUT2D eigenvalue weighted by Crippen LogP contribution is 2.22. The van der Waals surface area contributed by atoms with Crippen molar-refractivity contribution in [3.8, 4) is 16.9 Å². The van der Waals surface area contributed by atoms with Gasteiger partial charge in [0.25, 0.3) is 0 Å². The predicted molar refractivity (Wildman–Crippen MR) is 69.4 cm³/mol. The third-order valence-corrected chi connectivity index (χ3v) is 2.44. The van der Waals surface area contributed by atoms with Gasteiger partial charge in [-0.1, -0.05) is 12.1 Å². The standard InChI is InChI=1S/C13H13N3O2/c1-18-11-5-2-9(3-6-11)10-4-7-12(15-8-10)16-13(14)17/h2-8H,1H3,(H3,14,15,16,17). The molecule has 1 aromatic heterocycles. The molecule has 0 aliphatic heterocycles. The van der Waals surface area contributed by atoms with E-state index in [2.05, 4.69) is 10.3 Å². The zero-order chi connectivity index (χ0) is 13.0. The fourth-order valence-corrected chi connectivity index (χ4v) is 1.55. The van der Waals surface area contributed by atoms with Gasteiger partial charge in [-0.05, 0) is 29.8 Å². The molecule has 0 bridgehead atoms. The normalized spacial score (nSPS) is 9.83. The number of amides is 2. The number of carbonyl (C=O) groups excluding carboxylic acids is 1. The Morgan fingerprint density at radius 1 is 1.17 bits per heavy atom. The molecule has 18 heavy (non-hydrogen) atoms. The van der Waals surface area contributed by atoms with Crippen molar-refractivity contribution >= 4 is 11.8 Å². The van der Waals surface area contributed by atoms with Crippen LogP contribution in [0.15, 0.2) is 42.6 Å². The van der Waals surface area contributed by atoms with Crippen molar-refractivity contribution in [1.29, 1.82) is 0 Å². The van der Waals surface area contributed by atoms with E-state index in [1.807, 2.05) is 30.3 Å². The van der Waals surface area contributed by atoms with Crippen LogP contribution >= 0.6 is 0 Å². The lowest BCUT2D eigenvalue weighted by Crippen LogP contribution is -2.19. The summed E-state index contributed by atoms with van der Waals surface area (Å²) in [5.74, 6) is 1.23. The first-order chi connectivity index (χ1) is 8.69. The van der Waals surface area contributed by atoms with E-state index in [9.17, 15) is 4.79 Å². The van der Waals surface area contributed by atoms with Crippen LogP contribution < -0.4 is 15.8 Å². The van der Waals surface area contributed by atoms with Crippen molar-refractivity contribution in [3.05, 3.63) is 42.6 Å². The van der Waals surface area contributed by atoms with Crippen LogP contribution in [0.5, 0.6) is 5.75 Å². The van der Waals surface area contributed by atoms with Gasteiger partial charge >= 0.3 is 6.03 Å². The summed E-state index contributed by atoms with van der Waals surface area (Å²) in [6, 6.07) is 10.6. The molecule has 3 N–H and O–H groups in total. The molecule has 2 rings (SSSR count). The van der Waals surface area contributed by atoms with E-state index in [4.69, 9.17) is 10.5 Å². The number of rotatable bonds is 3. The van der Waals surface area contributed by atoms with Crippen molar-refractivity contribution in [2.24, 2.45) is 5.73 Å². The molecule has 0 saturated carbocycles. The topological polar surface area (TPSA) is 77.2 Å². The lowest BCUT2D eigenvalue weighted by molar-refractivity contribution is 0.259. The molecule has 2 amide bonds. The highest BCUT2D eigenvalue weighted by Gasteiger charge is 2.01. The summed E-state index contributed by atoms with van der Waals surface area (Å²) in [6.45, 7) is 0. The average Bonchev–Trinajstić information content (AvgIpc) is 2.39. The second-order valence-corrected chi connectivity index (χ2v) is 3.65. The number of nitrogens with two attached hydrogens (primary N) is 1. The molecule has 0 saturated heterocycles. The summed E-state index contributed by atoms with van der Waals surface area (Å²) in [5, 5.41) is 2.41. The van der Waals surface area contributed by atoms with Crippen LogP contribution in [0.2, 0.25) is 0 Å². The van der Waals surface area contributed by atoms with Gasteiger partial charge in [0.05, 0.1) is 7.11 Å². The number of primary amides is 1. The van der Waals surface area contributed by atoms with E-state index in [-0.39, 0.29) is 0 Å². The van der Waals surface area contributed by atoms with E-state index < -0.39 is 6.03 Å². The average molecular weight is 243 g/mol. The first-order valence-electron chi connectivity index (χ1n) is 5.36. The largest absolute Gasteiger partial charge is 0.497 e. The first kappa shape index (κ1) is 11.9. The van der Waals surface area contributed by atoms with E-state index in [1.54, 1.807) is 19.4 Å². The number of hydrogen-bond donors (Lipinski definition) is 2. The molecule has 1 heterocycles. The molecule has 0 fully saturated rings. The van der Waals surface area contributed by atoms with Gasteiger partial charge in [-0.25, -0.2) is 9.78 Å². The van der Waals surface area contributed by atoms with Crippen LogP contribution in [0.3, 0.4) is 0 Å². The number of nitrogens with zero attached hydrogens (tertiary/aromatic N) is 1. The minimum atomic E-state index is -0.625. The van der Waals surface area contributed by atoms with Crippen molar-refractivity contribution in [2.75, 3.05) is 12.4 Å². The van der Waals surface area contributed by atoms with Gasteiger partial charge in [0, 0.05) is 11.8 Å². The predicted octanol–water partition coefficient (Wildman–Crippen LogP) is 2.25. The molecule has 0 spiro atoms. The molecule has 1 aromatic carbocycles. The Labute approximate surface area is 105 Å². The van der Waals surface area contributed by atoms with E-state index in [0.717, 1.165) is 16.9 Å². The highest BCUT2D eigenvalue weighted by molar-refractivity contribution is 5.86. The second kappa shape index (κ2) is 5.18. The van der Waals surface area contributed by atoms with Gasteiger partial charge in [0.1, 0.15) is 11.6 Å². The van der Waals surface area contributed by atoms with Crippen molar-refractivity contribution < 1.29 is 9.53 Å². The van der Waals surface area contributed by atoms with Gasteiger partial charge in [-0.2, -0.15) is 0 Å². The maximum atomic E-state index is 10.7. The summed E-state index contributed by atoms with van der Waals surface area (Å²) in [7, 11) is 1.63. The van der Waals surface area contributed by atoms with Gasteiger partial charge in [-0.3, -0.25) is 5.32 Å². The number of anilines is 1. The molecule has 5 nitrogen and oxygen atoms in total. The number of methoxy groups -OCH3 is 1. The third kappa shape index (κ3) is 2.76. The Morgan fingerprint density at radius 3 is 2.33 bits per heavy atom. The Balaban J connectivity index is 2.20. The van der Waals surface area contributed by atoms with Crippen molar-refractivity contribution in [1.82, 2.24) is 4.98 Å². The zero-order valence-corrected chi connectivity index (χ0v) is 9.88. The summed E-state index contributed by atoms with van der Waals surface area (Å²) in [6.07, 6.45) is 1.67. The molecule has 0 radical (unpaired) electrons. The SMILES string of the molecule is COc1ccc(-c2ccc(NC(N)=O)nc2)cc1. The number of carbonyl (C=O) groups is 1. The van der Waals surface area contributed by atoms with E-state index >= 15 is 0 Å². The molecular weight excluding hydrogens is 230 g/mol. The maximum absolute atomic E-state index is 10.7. The molecule has 0 atom stereocenters. The third-order valence-electron chi connectivity index (χ3n) is 2.44. The molecule has 2 aromatic rings. The first-order valence-corrected chi connectivity index (χ1v) is 5.36. The monoisotopic (exact) mass is 243 g/mol. The minimum Gasteiger partial charge on any atom is -0.497 e. The second-order valence-electron chi connectivity index (χ2n) is 3.65. The number of urea groups is 1. The number of pyridine rings is 1. The molecule has 5 heteroatoms. The van der Waals surface area contributed by atoms with Gasteiger partial charge in [0.15, 0.2) is 0 Å². The van der Waals surface area contributed by atoms with Crippen LogP contribution in [0.25, 0.3) is 11.1 Å². The molecule has 0 unspecified atom stereocenters. The summed E-state index contributed by atoms with van der Waals surface area (Å²) >= 11 is 0. The number of nitrogens with one attached hydrogen (secondary N) is 1. The maximum Gasteiger partial charge on any atom is 0.317 e. The van der Waals surface area contributed by atoms with E-state index in [0.29, 0.717) is 5.82 Å². The minimum absolute atomic E-state index is 0.430. The fourth-order valence-electron chi connectivity index (χ4n) is 1.55. The summed E-state index contributed by atoms with van der Waals surface area (Å²) in [4.78, 5) is 14.7. The molecular formula is C13H13N3O2. The molecule has 92 valence electrons. The molecule has 0 aliphatic rings. The van der Waals surface area contributed by atoms with E-state index in [1.165, 1.54) is 0 Å². The molecule has 0 aliphatic carbocycles. The van der Waals surface area contributed by atoms with Crippen molar-refractivity contribution in [3.63, 3.8) is 0 Å². The Hall–Kier alpha value is -2.56. The quantitative estimate of drug-likeness (QED) is 0.867. The number of hydrogen-bond acceptors (Lipinski definition) is 3. The Kier molecular flexibility index (Phi) is 3.43. The Bertz CT molecular complexity index is 535. The van der Waals surface area contributed by atoms with Crippen LogP contribution in [0, 0.1) is 0 Å². The fraction of sp³-hybridized carbons (Fsp3) is 0.0769. The Morgan fingerprint density at radius 2 is 1.83 bits per heavy atom. The van der Waals surface area contributed by atoms with Crippen LogP contribution in [0.1, 0.15) is 0 Å². The highest BCUT2D eigenvalue weighted by atomic mass is 16.5. The number of aromatic nitrogens is 1. The number of benzene rings is 1. The van der Waals surface area contributed by atoms with Gasteiger partial charge in [-0.15, -0.1) is 0 Å².